The van der Waals surface area contributed by atoms with Crippen LogP contribution in [0, 0.1) is 0 Å². The van der Waals surface area contributed by atoms with Crippen LogP contribution in [-0.2, 0) is 9.53 Å². The van der Waals surface area contributed by atoms with Gasteiger partial charge in [0, 0.05) is 13.7 Å². The van der Waals surface area contributed by atoms with Crippen molar-refractivity contribution in [2.24, 2.45) is 0 Å². The van der Waals surface area contributed by atoms with Crippen LogP contribution in [0.2, 0.25) is 0 Å². The molecule has 0 aliphatic carbocycles. The van der Waals surface area contributed by atoms with Crippen molar-refractivity contribution in [3.8, 4) is 5.75 Å². The molecule has 0 fully saturated rings. The Hall–Kier alpha value is -1.59. The number of carbonyl (C=O) groups excluding carboxylic acids is 1. The highest BCUT2D eigenvalue weighted by Crippen LogP contribution is 2.18. The van der Waals surface area contributed by atoms with Gasteiger partial charge in [-0.3, -0.25) is 4.79 Å². The minimum Gasteiger partial charge on any atom is -0.481 e. The number of hydrogen-bond donors (Lipinski definition) is 2. The van der Waals surface area contributed by atoms with Gasteiger partial charge in [0.1, 0.15) is 5.75 Å². The van der Waals surface area contributed by atoms with Crippen LogP contribution in [0.3, 0.4) is 0 Å². The second-order valence-electron chi connectivity index (χ2n) is 4.29. The number of benzene rings is 1. The van der Waals surface area contributed by atoms with E-state index in [-0.39, 0.29) is 5.91 Å². The SMILES string of the molecule is COCCNC(=O)C(C)Oc1ccc([C@@H](C)O)cc1. The smallest absolute Gasteiger partial charge is 0.260 e. The van der Waals surface area contributed by atoms with Gasteiger partial charge in [-0.15, -0.1) is 0 Å². The molecule has 0 bridgehead atoms. The maximum Gasteiger partial charge on any atom is 0.260 e. The molecule has 1 unspecified atom stereocenters. The number of nitrogens with one attached hydrogen (secondary N) is 1. The van der Waals surface area contributed by atoms with Crippen molar-refractivity contribution >= 4 is 5.91 Å². The molecule has 2 atom stereocenters. The number of methoxy groups -OCH3 is 1. The Labute approximate surface area is 113 Å². The molecule has 0 radical (unpaired) electrons. The Kier molecular flexibility index (Phi) is 6.32. The normalized spacial score (nSPS) is 13.7. The topological polar surface area (TPSA) is 67.8 Å². The van der Waals surface area contributed by atoms with Gasteiger partial charge in [0.15, 0.2) is 6.10 Å². The van der Waals surface area contributed by atoms with Gasteiger partial charge >= 0.3 is 0 Å². The van der Waals surface area contributed by atoms with Gasteiger partial charge in [0.25, 0.3) is 5.91 Å². The predicted octanol–water partition coefficient (Wildman–Crippen LogP) is 1.27. The number of amides is 1. The highest BCUT2D eigenvalue weighted by molar-refractivity contribution is 5.80. The number of hydrogen-bond acceptors (Lipinski definition) is 4. The summed E-state index contributed by atoms with van der Waals surface area (Å²) < 4.78 is 10.4. The van der Waals surface area contributed by atoms with Crippen LogP contribution < -0.4 is 10.1 Å². The summed E-state index contributed by atoms with van der Waals surface area (Å²) in [5.41, 5.74) is 0.810. The van der Waals surface area contributed by atoms with E-state index in [2.05, 4.69) is 5.32 Å². The monoisotopic (exact) mass is 267 g/mol. The Morgan fingerprint density at radius 2 is 1.95 bits per heavy atom. The first-order valence-electron chi connectivity index (χ1n) is 6.26. The second kappa shape index (κ2) is 7.76. The molecule has 106 valence electrons. The van der Waals surface area contributed by atoms with Gasteiger partial charge in [-0.05, 0) is 31.5 Å². The minimum atomic E-state index is -0.575. The average Bonchev–Trinajstić information content (AvgIpc) is 2.39. The van der Waals surface area contributed by atoms with Gasteiger partial charge in [0.2, 0.25) is 0 Å². The maximum absolute atomic E-state index is 11.7. The van der Waals surface area contributed by atoms with Gasteiger partial charge in [-0.2, -0.15) is 0 Å². The zero-order valence-electron chi connectivity index (χ0n) is 11.6. The van der Waals surface area contributed by atoms with Crippen molar-refractivity contribution in [2.45, 2.75) is 26.1 Å². The number of aliphatic hydroxyl groups is 1. The molecule has 0 aliphatic heterocycles. The summed E-state index contributed by atoms with van der Waals surface area (Å²) >= 11 is 0. The Bertz CT molecular complexity index is 389. The standard InChI is InChI=1S/C14H21NO4/c1-10(16)12-4-6-13(7-5-12)19-11(2)14(17)15-8-9-18-3/h4-7,10-11,16H,8-9H2,1-3H3,(H,15,17)/t10-,11?/m1/s1. The van der Waals surface area contributed by atoms with Crippen LogP contribution in [0.5, 0.6) is 5.75 Å². The fourth-order valence-electron chi connectivity index (χ4n) is 1.50. The molecule has 0 saturated carbocycles. The van der Waals surface area contributed by atoms with Crippen molar-refractivity contribution in [2.75, 3.05) is 20.3 Å². The van der Waals surface area contributed by atoms with E-state index in [0.29, 0.717) is 18.9 Å². The molecule has 0 spiro atoms. The molecule has 19 heavy (non-hydrogen) atoms. The molecule has 0 aromatic heterocycles. The lowest BCUT2D eigenvalue weighted by Gasteiger charge is -2.15. The van der Waals surface area contributed by atoms with E-state index in [9.17, 15) is 9.90 Å². The average molecular weight is 267 g/mol. The van der Waals surface area contributed by atoms with Crippen LogP contribution >= 0.6 is 0 Å². The summed E-state index contributed by atoms with van der Waals surface area (Å²) in [5.74, 6) is 0.412. The molecule has 1 aromatic rings. The fraction of sp³-hybridized carbons (Fsp3) is 0.500. The van der Waals surface area contributed by atoms with Crippen LogP contribution in [0.25, 0.3) is 0 Å². The molecule has 5 nitrogen and oxygen atoms in total. The summed E-state index contributed by atoms with van der Waals surface area (Å²) in [7, 11) is 1.58. The second-order valence-corrected chi connectivity index (χ2v) is 4.29. The quantitative estimate of drug-likeness (QED) is 0.730. The van der Waals surface area contributed by atoms with Gasteiger partial charge in [0.05, 0.1) is 12.7 Å². The van der Waals surface area contributed by atoms with E-state index < -0.39 is 12.2 Å². The van der Waals surface area contributed by atoms with Crippen LogP contribution in [-0.4, -0.2) is 37.4 Å². The third-order valence-electron chi connectivity index (χ3n) is 2.65. The summed E-state index contributed by atoms with van der Waals surface area (Å²) in [6.07, 6.45) is -1.09. The van der Waals surface area contributed by atoms with E-state index in [1.807, 2.05) is 0 Å². The molecule has 5 heteroatoms. The van der Waals surface area contributed by atoms with Crippen molar-refractivity contribution in [1.29, 1.82) is 0 Å². The molecule has 1 aromatic carbocycles. The summed E-state index contributed by atoms with van der Waals surface area (Å²) in [4.78, 5) is 11.7. The first kappa shape index (κ1) is 15.5. The van der Waals surface area contributed by atoms with Crippen molar-refractivity contribution in [1.82, 2.24) is 5.32 Å². The summed E-state index contributed by atoms with van der Waals surface area (Å²) in [6.45, 7) is 4.32. The van der Waals surface area contributed by atoms with Crippen molar-refractivity contribution in [3.63, 3.8) is 0 Å². The lowest BCUT2D eigenvalue weighted by Crippen LogP contribution is -2.37. The molecular weight excluding hydrogens is 246 g/mol. The van der Waals surface area contributed by atoms with Crippen LogP contribution in [0.1, 0.15) is 25.5 Å². The van der Waals surface area contributed by atoms with Gasteiger partial charge < -0.3 is 19.9 Å². The summed E-state index contributed by atoms with van der Waals surface area (Å²) in [5, 5.41) is 12.1. The number of rotatable bonds is 7. The number of aliphatic hydroxyl groups excluding tert-OH is 1. The number of carbonyl (C=O) groups is 1. The van der Waals surface area contributed by atoms with E-state index in [4.69, 9.17) is 9.47 Å². The predicted molar refractivity (Wildman–Crippen MR) is 72.1 cm³/mol. The van der Waals surface area contributed by atoms with E-state index >= 15 is 0 Å². The Morgan fingerprint density at radius 1 is 1.32 bits per heavy atom. The minimum absolute atomic E-state index is 0.184. The molecule has 0 aliphatic rings. The van der Waals surface area contributed by atoms with Crippen molar-refractivity contribution < 1.29 is 19.4 Å². The molecule has 0 heterocycles. The third-order valence-corrected chi connectivity index (χ3v) is 2.65. The highest BCUT2D eigenvalue weighted by Gasteiger charge is 2.13. The van der Waals surface area contributed by atoms with E-state index in [0.717, 1.165) is 5.56 Å². The van der Waals surface area contributed by atoms with E-state index in [1.54, 1.807) is 45.2 Å². The van der Waals surface area contributed by atoms with Gasteiger partial charge in [-0.25, -0.2) is 0 Å². The van der Waals surface area contributed by atoms with Crippen LogP contribution in [0.15, 0.2) is 24.3 Å². The molecule has 2 N–H and O–H groups in total. The zero-order valence-corrected chi connectivity index (χ0v) is 11.6. The maximum atomic E-state index is 11.7. The lowest BCUT2D eigenvalue weighted by atomic mass is 10.1. The highest BCUT2D eigenvalue weighted by atomic mass is 16.5. The van der Waals surface area contributed by atoms with Gasteiger partial charge in [-0.1, -0.05) is 12.1 Å². The van der Waals surface area contributed by atoms with Crippen molar-refractivity contribution in [3.05, 3.63) is 29.8 Å². The third kappa shape index (κ3) is 5.28. The zero-order chi connectivity index (χ0) is 14.3. The first-order chi connectivity index (χ1) is 9.04. The largest absolute Gasteiger partial charge is 0.481 e. The first-order valence-corrected chi connectivity index (χ1v) is 6.26. The summed E-state index contributed by atoms with van der Waals surface area (Å²) in [6, 6.07) is 7.02. The molecule has 1 rings (SSSR count). The Morgan fingerprint density at radius 3 is 2.47 bits per heavy atom. The van der Waals surface area contributed by atoms with Crippen LogP contribution in [0.4, 0.5) is 0 Å². The molecular formula is C14H21NO4. The lowest BCUT2D eigenvalue weighted by molar-refractivity contribution is -0.127. The fourth-order valence-corrected chi connectivity index (χ4v) is 1.50. The molecule has 0 saturated heterocycles. The Balaban J connectivity index is 2.47. The molecule has 1 amide bonds. The van der Waals surface area contributed by atoms with E-state index in [1.165, 1.54) is 0 Å². The number of ether oxygens (including phenoxy) is 2.